The van der Waals surface area contributed by atoms with Gasteiger partial charge in [-0.2, -0.15) is 0 Å². The second-order valence-electron chi connectivity index (χ2n) is 5.42. The Hall–Kier alpha value is -1.61. The van der Waals surface area contributed by atoms with Crippen LogP contribution in [0.3, 0.4) is 0 Å². The van der Waals surface area contributed by atoms with E-state index in [-0.39, 0.29) is 5.91 Å². The van der Waals surface area contributed by atoms with Crippen molar-refractivity contribution in [2.75, 3.05) is 6.54 Å². The summed E-state index contributed by atoms with van der Waals surface area (Å²) in [5, 5.41) is 12.6. The summed E-state index contributed by atoms with van der Waals surface area (Å²) in [7, 11) is 0. The van der Waals surface area contributed by atoms with Gasteiger partial charge >= 0.3 is 0 Å². The second-order valence-corrected chi connectivity index (χ2v) is 5.42. The van der Waals surface area contributed by atoms with Crippen LogP contribution in [0.25, 0.3) is 0 Å². The molecule has 1 unspecified atom stereocenters. The summed E-state index contributed by atoms with van der Waals surface area (Å²) >= 11 is 0. The third-order valence-electron chi connectivity index (χ3n) is 3.06. The van der Waals surface area contributed by atoms with Gasteiger partial charge in [0.15, 0.2) is 0 Å². The Morgan fingerprint density at radius 3 is 2.60 bits per heavy atom. The first-order chi connectivity index (χ1) is 9.58. The number of aryl methyl sites for hydroxylation is 1. The first kappa shape index (κ1) is 16.4. The maximum absolute atomic E-state index is 11.5. The molecule has 110 valence electrons. The smallest absolute Gasteiger partial charge is 0.243 e. The van der Waals surface area contributed by atoms with Gasteiger partial charge in [-0.1, -0.05) is 50.3 Å². The molecule has 1 amide bonds. The number of carbonyl (C=O) groups is 1. The quantitative estimate of drug-likeness (QED) is 0.717. The van der Waals surface area contributed by atoms with Gasteiger partial charge in [0.1, 0.15) is 0 Å². The highest BCUT2D eigenvalue weighted by Crippen LogP contribution is 2.05. The number of benzene rings is 1. The molecule has 0 saturated carbocycles. The molecule has 0 radical (unpaired) electrons. The number of aliphatic hydroxyl groups is 1. The Morgan fingerprint density at radius 2 is 1.95 bits per heavy atom. The first-order valence-electron chi connectivity index (χ1n) is 7.26. The molecular weight excluding hydrogens is 250 g/mol. The van der Waals surface area contributed by atoms with Crippen LogP contribution in [-0.2, 0) is 11.2 Å². The molecule has 1 rings (SSSR count). The summed E-state index contributed by atoms with van der Waals surface area (Å²) in [6.07, 6.45) is 4.81. The number of amides is 1. The zero-order chi connectivity index (χ0) is 14.8. The summed E-state index contributed by atoms with van der Waals surface area (Å²) in [6.45, 7) is 4.92. The Labute approximate surface area is 121 Å². The summed E-state index contributed by atoms with van der Waals surface area (Å²) < 4.78 is 0. The van der Waals surface area contributed by atoms with Crippen molar-refractivity contribution in [3.8, 4) is 0 Å². The van der Waals surface area contributed by atoms with Gasteiger partial charge in [0.05, 0.1) is 6.10 Å². The largest absolute Gasteiger partial charge is 0.389 e. The summed E-state index contributed by atoms with van der Waals surface area (Å²) in [4.78, 5) is 11.5. The Kier molecular flexibility index (Phi) is 7.66. The van der Waals surface area contributed by atoms with Gasteiger partial charge in [-0.05, 0) is 30.7 Å². The molecule has 3 nitrogen and oxygen atoms in total. The molecule has 0 bridgehead atoms. The molecule has 1 aromatic carbocycles. The summed E-state index contributed by atoms with van der Waals surface area (Å²) in [5.41, 5.74) is 1.20. The van der Waals surface area contributed by atoms with E-state index >= 15 is 0 Å². The Morgan fingerprint density at radius 1 is 1.25 bits per heavy atom. The van der Waals surface area contributed by atoms with E-state index in [0.717, 1.165) is 12.8 Å². The molecule has 0 fully saturated rings. The van der Waals surface area contributed by atoms with E-state index in [2.05, 4.69) is 19.2 Å². The molecule has 0 aliphatic heterocycles. The summed E-state index contributed by atoms with van der Waals surface area (Å²) in [6, 6.07) is 10.0. The fourth-order valence-electron chi connectivity index (χ4n) is 1.80. The van der Waals surface area contributed by atoms with E-state index in [0.29, 0.717) is 18.9 Å². The average molecular weight is 275 g/mol. The van der Waals surface area contributed by atoms with Crippen molar-refractivity contribution in [2.24, 2.45) is 5.92 Å². The maximum Gasteiger partial charge on any atom is 0.243 e. The van der Waals surface area contributed by atoms with E-state index in [4.69, 9.17) is 0 Å². The minimum absolute atomic E-state index is 0.135. The number of carbonyl (C=O) groups excluding carboxylic acids is 1. The molecular formula is C17H25NO2. The van der Waals surface area contributed by atoms with Crippen molar-refractivity contribution < 1.29 is 9.90 Å². The van der Waals surface area contributed by atoms with Gasteiger partial charge in [0.2, 0.25) is 5.91 Å². The van der Waals surface area contributed by atoms with Crippen LogP contribution < -0.4 is 5.32 Å². The van der Waals surface area contributed by atoms with Gasteiger partial charge in [0, 0.05) is 12.6 Å². The third kappa shape index (κ3) is 7.74. The molecule has 0 aliphatic carbocycles. The first-order valence-corrected chi connectivity index (χ1v) is 7.26. The molecule has 0 spiro atoms. The maximum atomic E-state index is 11.5. The highest BCUT2D eigenvalue weighted by atomic mass is 16.3. The van der Waals surface area contributed by atoms with Crippen molar-refractivity contribution >= 4 is 5.91 Å². The predicted octanol–water partition coefficient (Wildman–Crippen LogP) is 2.70. The molecule has 0 aromatic heterocycles. The molecule has 3 heteroatoms. The van der Waals surface area contributed by atoms with Gasteiger partial charge in [0.25, 0.3) is 0 Å². The van der Waals surface area contributed by atoms with Crippen LogP contribution in [0.2, 0.25) is 0 Å². The Balaban J connectivity index is 2.22. The van der Waals surface area contributed by atoms with Crippen LogP contribution in [-0.4, -0.2) is 23.7 Å². The van der Waals surface area contributed by atoms with Crippen LogP contribution in [0.5, 0.6) is 0 Å². The summed E-state index contributed by atoms with van der Waals surface area (Å²) in [5.74, 6) is 0.445. The normalized spacial score (nSPS) is 12.8. The van der Waals surface area contributed by atoms with E-state index in [1.54, 1.807) is 6.08 Å². The van der Waals surface area contributed by atoms with Crippen molar-refractivity contribution in [1.29, 1.82) is 0 Å². The second kappa shape index (κ2) is 9.32. The van der Waals surface area contributed by atoms with E-state index in [1.807, 2.05) is 30.3 Å². The molecule has 0 aliphatic rings. The van der Waals surface area contributed by atoms with Crippen molar-refractivity contribution in [2.45, 2.75) is 39.2 Å². The zero-order valence-electron chi connectivity index (χ0n) is 12.4. The third-order valence-corrected chi connectivity index (χ3v) is 3.06. The minimum Gasteiger partial charge on any atom is -0.389 e. The lowest BCUT2D eigenvalue weighted by atomic mass is 10.1. The van der Waals surface area contributed by atoms with E-state index < -0.39 is 6.10 Å². The topological polar surface area (TPSA) is 49.3 Å². The molecule has 1 aromatic rings. The van der Waals surface area contributed by atoms with E-state index in [9.17, 15) is 9.90 Å². The number of hydrogen-bond donors (Lipinski definition) is 2. The molecule has 0 saturated heterocycles. The monoisotopic (exact) mass is 275 g/mol. The van der Waals surface area contributed by atoms with Crippen LogP contribution in [0.1, 0.15) is 32.3 Å². The van der Waals surface area contributed by atoms with Gasteiger partial charge in [-0.3, -0.25) is 4.79 Å². The van der Waals surface area contributed by atoms with Crippen molar-refractivity contribution in [3.05, 3.63) is 48.0 Å². The number of hydrogen-bond acceptors (Lipinski definition) is 2. The van der Waals surface area contributed by atoms with Crippen LogP contribution in [0, 0.1) is 5.92 Å². The van der Waals surface area contributed by atoms with Crippen LogP contribution in [0.4, 0.5) is 0 Å². The fraction of sp³-hybridized carbons (Fsp3) is 0.471. The van der Waals surface area contributed by atoms with Crippen LogP contribution in [0.15, 0.2) is 42.5 Å². The molecule has 1 atom stereocenters. The van der Waals surface area contributed by atoms with E-state index in [1.165, 1.54) is 11.6 Å². The fourth-order valence-corrected chi connectivity index (χ4v) is 1.80. The number of aliphatic hydroxyl groups excluding tert-OH is 1. The highest BCUT2D eigenvalue weighted by molar-refractivity contribution is 5.87. The van der Waals surface area contributed by atoms with Gasteiger partial charge < -0.3 is 10.4 Å². The minimum atomic E-state index is -0.578. The van der Waals surface area contributed by atoms with Gasteiger partial charge in [-0.15, -0.1) is 0 Å². The number of nitrogens with one attached hydrogen (secondary N) is 1. The molecule has 20 heavy (non-hydrogen) atoms. The molecule has 2 N–H and O–H groups in total. The number of rotatable bonds is 8. The Bertz CT molecular complexity index is 412. The van der Waals surface area contributed by atoms with Gasteiger partial charge in [-0.25, -0.2) is 0 Å². The van der Waals surface area contributed by atoms with Crippen molar-refractivity contribution in [1.82, 2.24) is 5.32 Å². The zero-order valence-corrected chi connectivity index (χ0v) is 12.4. The van der Waals surface area contributed by atoms with Crippen molar-refractivity contribution in [3.63, 3.8) is 0 Å². The standard InChI is InChI=1S/C17H25NO2/c1-14(2)12-13-18-17(20)11-10-16(19)9-8-15-6-4-3-5-7-15/h3-7,10-11,14,16,19H,8-9,12-13H2,1-2H3,(H,18,20)/b11-10-. The SMILES string of the molecule is CC(C)CCNC(=O)/C=C\C(O)CCc1ccccc1. The highest BCUT2D eigenvalue weighted by Gasteiger charge is 2.02. The lowest BCUT2D eigenvalue weighted by Crippen LogP contribution is -2.23. The lowest BCUT2D eigenvalue weighted by Gasteiger charge is -2.06. The predicted molar refractivity (Wildman–Crippen MR) is 82.4 cm³/mol. The van der Waals surface area contributed by atoms with Crippen LogP contribution >= 0.6 is 0 Å². The average Bonchev–Trinajstić information content (AvgIpc) is 2.43. The molecule has 0 heterocycles. The lowest BCUT2D eigenvalue weighted by molar-refractivity contribution is -0.116.